The van der Waals surface area contributed by atoms with Crippen LogP contribution in [0.15, 0.2) is 28.8 Å². The van der Waals surface area contributed by atoms with Gasteiger partial charge in [-0.15, -0.1) is 0 Å². The lowest BCUT2D eigenvalue weighted by molar-refractivity contribution is 0.245. The summed E-state index contributed by atoms with van der Waals surface area (Å²) in [4.78, 5) is 11.8. The van der Waals surface area contributed by atoms with Crippen molar-refractivity contribution in [3.63, 3.8) is 0 Å². The van der Waals surface area contributed by atoms with Crippen LogP contribution in [0.5, 0.6) is 0 Å². The molecule has 0 saturated carbocycles. The Balaban J connectivity index is 1.98. The topological polar surface area (TPSA) is 87.4 Å². The molecule has 2 amide bonds. The normalized spacial score (nSPS) is 12.0. The SMILES string of the molecule is C[C@@H](CCCO)NC(=O)Nc1cc(-c2ccc(F)cc2F)on1. The Morgan fingerprint density at radius 2 is 2.17 bits per heavy atom. The Morgan fingerprint density at radius 3 is 2.87 bits per heavy atom. The van der Waals surface area contributed by atoms with Crippen molar-refractivity contribution in [2.45, 2.75) is 25.8 Å². The highest BCUT2D eigenvalue weighted by Gasteiger charge is 2.14. The molecule has 1 heterocycles. The number of benzene rings is 1. The van der Waals surface area contributed by atoms with Gasteiger partial charge in [-0.25, -0.2) is 13.6 Å². The molecule has 0 aliphatic rings. The van der Waals surface area contributed by atoms with Crippen LogP contribution in [0, 0.1) is 11.6 Å². The van der Waals surface area contributed by atoms with Crippen LogP contribution in [-0.4, -0.2) is 28.9 Å². The summed E-state index contributed by atoms with van der Waals surface area (Å²) < 4.78 is 31.5. The summed E-state index contributed by atoms with van der Waals surface area (Å²) in [5.74, 6) is -1.29. The van der Waals surface area contributed by atoms with Crippen molar-refractivity contribution >= 4 is 11.8 Å². The highest BCUT2D eigenvalue weighted by atomic mass is 19.1. The summed E-state index contributed by atoms with van der Waals surface area (Å²) in [6.07, 6.45) is 1.22. The Bertz CT molecular complexity index is 676. The van der Waals surface area contributed by atoms with Gasteiger partial charge in [-0.1, -0.05) is 5.16 Å². The number of nitrogens with one attached hydrogen (secondary N) is 2. The molecule has 6 nitrogen and oxygen atoms in total. The zero-order valence-corrected chi connectivity index (χ0v) is 12.5. The van der Waals surface area contributed by atoms with Gasteiger partial charge in [-0.3, -0.25) is 5.32 Å². The monoisotopic (exact) mass is 325 g/mol. The largest absolute Gasteiger partial charge is 0.396 e. The predicted octanol–water partition coefficient (Wildman–Crippen LogP) is 2.90. The number of nitrogens with zero attached hydrogens (tertiary/aromatic N) is 1. The molecule has 0 bridgehead atoms. The molecule has 0 fully saturated rings. The second-order valence-electron chi connectivity index (χ2n) is 5.07. The van der Waals surface area contributed by atoms with Gasteiger partial charge in [0.2, 0.25) is 0 Å². The fourth-order valence-electron chi connectivity index (χ4n) is 2.00. The smallest absolute Gasteiger partial charge is 0.320 e. The Labute approximate surface area is 131 Å². The van der Waals surface area contributed by atoms with Crippen molar-refractivity contribution in [2.75, 3.05) is 11.9 Å². The first-order chi connectivity index (χ1) is 11.0. The first-order valence-electron chi connectivity index (χ1n) is 7.10. The summed E-state index contributed by atoms with van der Waals surface area (Å²) in [7, 11) is 0. The average molecular weight is 325 g/mol. The van der Waals surface area contributed by atoms with Crippen molar-refractivity contribution in [3.8, 4) is 11.3 Å². The molecule has 124 valence electrons. The zero-order valence-electron chi connectivity index (χ0n) is 12.5. The van der Waals surface area contributed by atoms with Gasteiger partial charge >= 0.3 is 6.03 Å². The summed E-state index contributed by atoms with van der Waals surface area (Å²) in [5.41, 5.74) is 0.0451. The van der Waals surface area contributed by atoms with E-state index in [1.807, 2.05) is 0 Å². The van der Waals surface area contributed by atoms with E-state index in [9.17, 15) is 13.6 Å². The molecule has 2 aromatic rings. The Kier molecular flexibility index (Phi) is 5.64. The first kappa shape index (κ1) is 16.9. The van der Waals surface area contributed by atoms with Gasteiger partial charge in [-0.2, -0.15) is 0 Å². The molecule has 8 heteroatoms. The molecule has 0 radical (unpaired) electrons. The first-order valence-corrected chi connectivity index (χ1v) is 7.10. The van der Waals surface area contributed by atoms with Crippen molar-refractivity contribution < 1.29 is 23.2 Å². The molecule has 0 aliphatic heterocycles. The van der Waals surface area contributed by atoms with E-state index >= 15 is 0 Å². The van der Waals surface area contributed by atoms with Crippen molar-refractivity contribution in [2.24, 2.45) is 0 Å². The molecule has 0 spiro atoms. The summed E-state index contributed by atoms with van der Waals surface area (Å²) in [6, 6.07) is 3.79. The highest BCUT2D eigenvalue weighted by Crippen LogP contribution is 2.25. The highest BCUT2D eigenvalue weighted by molar-refractivity contribution is 5.88. The lowest BCUT2D eigenvalue weighted by atomic mass is 10.1. The van der Waals surface area contributed by atoms with Crippen LogP contribution in [0.4, 0.5) is 19.4 Å². The maximum atomic E-state index is 13.7. The molecule has 0 aliphatic carbocycles. The van der Waals surface area contributed by atoms with Gasteiger partial charge in [0.25, 0.3) is 0 Å². The number of carbonyl (C=O) groups is 1. The number of hydrogen-bond acceptors (Lipinski definition) is 4. The third kappa shape index (κ3) is 4.75. The van der Waals surface area contributed by atoms with E-state index in [1.165, 1.54) is 12.1 Å². The van der Waals surface area contributed by atoms with Gasteiger partial charge in [0.1, 0.15) is 11.6 Å². The summed E-state index contributed by atoms with van der Waals surface area (Å²) in [6.45, 7) is 1.86. The Hall–Kier alpha value is -2.48. The molecule has 1 aromatic heterocycles. The van der Waals surface area contributed by atoms with Crippen molar-refractivity contribution in [1.29, 1.82) is 0 Å². The fourth-order valence-corrected chi connectivity index (χ4v) is 2.00. The second kappa shape index (κ2) is 7.68. The van der Waals surface area contributed by atoms with Crippen LogP contribution < -0.4 is 10.6 Å². The van der Waals surface area contributed by atoms with E-state index in [0.29, 0.717) is 12.8 Å². The lowest BCUT2D eigenvalue weighted by Crippen LogP contribution is -2.36. The van der Waals surface area contributed by atoms with E-state index in [1.54, 1.807) is 6.92 Å². The standard InChI is InChI=1S/C15H17F2N3O3/c1-9(3-2-6-21)18-15(22)19-14-8-13(23-20-14)11-5-4-10(16)7-12(11)17/h4-5,7-9,21H,2-3,6H2,1H3,(H2,18,19,20,22)/t9-/m0/s1. The number of hydrogen-bond donors (Lipinski definition) is 3. The number of carbonyl (C=O) groups excluding carboxylic acids is 1. The lowest BCUT2D eigenvalue weighted by Gasteiger charge is -2.12. The Morgan fingerprint density at radius 1 is 1.39 bits per heavy atom. The quantitative estimate of drug-likeness (QED) is 0.762. The number of aliphatic hydroxyl groups is 1. The van der Waals surface area contributed by atoms with Crippen LogP contribution >= 0.6 is 0 Å². The van der Waals surface area contributed by atoms with Crippen LogP contribution in [0.25, 0.3) is 11.3 Å². The minimum atomic E-state index is -0.783. The zero-order chi connectivity index (χ0) is 16.8. The van der Waals surface area contributed by atoms with E-state index in [-0.39, 0.29) is 29.8 Å². The van der Waals surface area contributed by atoms with Crippen LogP contribution in [0.1, 0.15) is 19.8 Å². The molecular formula is C15H17F2N3O3. The molecule has 3 N–H and O–H groups in total. The van der Waals surface area contributed by atoms with Crippen LogP contribution in [0.2, 0.25) is 0 Å². The van der Waals surface area contributed by atoms with Crippen LogP contribution in [-0.2, 0) is 0 Å². The summed E-state index contributed by atoms with van der Waals surface area (Å²) >= 11 is 0. The third-order valence-electron chi connectivity index (χ3n) is 3.12. The van der Waals surface area contributed by atoms with Gasteiger partial charge < -0.3 is 14.9 Å². The second-order valence-corrected chi connectivity index (χ2v) is 5.07. The maximum Gasteiger partial charge on any atom is 0.320 e. The number of urea groups is 1. The number of amides is 2. The van der Waals surface area contributed by atoms with Crippen molar-refractivity contribution in [1.82, 2.24) is 10.5 Å². The number of anilines is 1. The minimum absolute atomic E-state index is 0.0451. The van der Waals surface area contributed by atoms with Gasteiger partial charge in [0.05, 0.1) is 5.56 Å². The van der Waals surface area contributed by atoms with Crippen LogP contribution in [0.3, 0.4) is 0 Å². The number of aromatic nitrogens is 1. The molecule has 0 unspecified atom stereocenters. The number of aliphatic hydroxyl groups excluding tert-OH is 1. The molecule has 23 heavy (non-hydrogen) atoms. The fraction of sp³-hybridized carbons (Fsp3) is 0.333. The molecule has 0 saturated heterocycles. The number of halogens is 2. The van der Waals surface area contributed by atoms with E-state index < -0.39 is 17.7 Å². The average Bonchev–Trinajstić information content (AvgIpc) is 2.93. The number of rotatable bonds is 6. The summed E-state index contributed by atoms with van der Waals surface area (Å²) in [5, 5.41) is 17.5. The molecular weight excluding hydrogens is 308 g/mol. The van der Waals surface area contributed by atoms with Gasteiger partial charge in [0, 0.05) is 24.8 Å². The van der Waals surface area contributed by atoms with Crippen molar-refractivity contribution in [3.05, 3.63) is 35.9 Å². The third-order valence-corrected chi connectivity index (χ3v) is 3.12. The predicted molar refractivity (Wildman–Crippen MR) is 79.8 cm³/mol. The molecule has 2 rings (SSSR count). The van der Waals surface area contributed by atoms with E-state index in [0.717, 1.165) is 12.1 Å². The minimum Gasteiger partial charge on any atom is -0.396 e. The van der Waals surface area contributed by atoms with Gasteiger partial charge in [-0.05, 0) is 31.9 Å². The maximum absolute atomic E-state index is 13.7. The van der Waals surface area contributed by atoms with E-state index in [4.69, 9.17) is 9.63 Å². The molecule has 1 atom stereocenters. The van der Waals surface area contributed by atoms with Gasteiger partial charge in [0.15, 0.2) is 11.6 Å². The molecule has 1 aromatic carbocycles. The van der Waals surface area contributed by atoms with E-state index in [2.05, 4.69) is 15.8 Å².